The molecule has 1 aliphatic heterocycles. The first-order chi connectivity index (χ1) is 11.2. The van der Waals surface area contributed by atoms with Crippen LogP contribution in [0, 0.1) is 0 Å². The molecule has 2 rings (SSSR count). The van der Waals surface area contributed by atoms with Crippen molar-refractivity contribution in [1.82, 2.24) is 0 Å². The van der Waals surface area contributed by atoms with Gasteiger partial charge in [0.25, 0.3) is 0 Å². The van der Waals surface area contributed by atoms with Gasteiger partial charge in [0.15, 0.2) is 0 Å². The number of methoxy groups -OCH3 is 2. The van der Waals surface area contributed by atoms with Gasteiger partial charge in [0.05, 0.1) is 37.9 Å². The SMILES string of the molecule is COC(=O)C1=C(C(=O)OC)C2=COC=C1CCCCCCCC2. The molecule has 23 heavy (non-hydrogen) atoms. The summed E-state index contributed by atoms with van der Waals surface area (Å²) in [6.07, 6.45) is 10.9. The second-order valence-electron chi connectivity index (χ2n) is 5.78. The predicted molar refractivity (Wildman–Crippen MR) is 85.2 cm³/mol. The molecule has 5 nitrogen and oxygen atoms in total. The fraction of sp³-hybridized carbons (Fsp3) is 0.556. The van der Waals surface area contributed by atoms with E-state index in [9.17, 15) is 9.59 Å². The molecular weight excluding hydrogens is 296 g/mol. The molecule has 0 fully saturated rings. The number of fused-ring (bicyclic) bond motifs is 2. The van der Waals surface area contributed by atoms with Gasteiger partial charge in [0.1, 0.15) is 0 Å². The topological polar surface area (TPSA) is 61.8 Å². The van der Waals surface area contributed by atoms with Gasteiger partial charge in [-0.15, -0.1) is 0 Å². The molecule has 2 bridgehead atoms. The van der Waals surface area contributed by atoms with Crippen LogP contribution >= 0.6 is 0 Å². The van der Waals surface area contributed by atoms with E-state index < -0.39 is 11.9 Å². The molecule has 126 valence electrons. The van der Waals surface area contributed by atoms with Crippen LogP contribution in [0.4, 0.5) is 0 Å². The molecule has 0 saturated carbocycles. The summed E-state index contributed by atoms with van der Waals surface area (Å²) < 4.78 is 15.3. The zero-order valence-corrected chi connectivity index (χ0v) is 13.9. The molecule has 5 heteroatoms. The van der Waals surface area contributed by atoms with Crippen molar-refractivity contribution in [3.63, 3.8) is 0 Å². The third-order valence-electron chi connectivity index (χ3n) is 4.23. The lowest BCUT2D eigenvalue weighted by molar-refractivity contribution is -0.139. The monoisotopic (exact) mass is 320 g/mol. The lowest BCUT2D eigenvalue weighted by atomic mass is 9.89. The predicted octanol–water partition coefficient (Wildman–Crippen LogP) is 3.56. The lowest BCUT2D eigenvalue weighted by Crippen LogP contribution is -2.18. The van der Waals surface area contributed by atoms with Crippen molar-refractivity contribution in [2.45, 2.75) is 51.4 Å². The highest BCUT2D eigenvalue weighted by Crippen LogP contribution is 2.33. The molecule has 0 aromatic carbocycles. The molecule has 1 heterocycles. The second-order valence-corrected chi connectivity index (χ2v) is 5.78. The van der Waals surface area contributed by atoms with Crippen molar-refractivity contribution in [2.24, 2.45) is 0 Å². The number of hydrogen-bond donors (Lipinski definition) is 0. The van der Waals surface area contributed by atoms with Gasteiger partial charge in [-0.2, -0.15) is 0 Å². The first kappa shape index (κ1) is 17.3. The van der Waals surface area contributed by atoms with Crippen LogP contribution in [0.15, 0.2) is 34.8 Å². The molecule has 0 unspecified atom stereocenters. The lowest BCUT2D eigenvalue weighted by Gasteiger charge is -2.16. The van der Waals surface area contributed by atoms with Gasteiger partial charge >= 0.3 is 11.9 Å². The minimum absolute atomic E-state index is 0.281. The van der Waals surface area contributed by atoms with Gasteiger partial charge in [-0.05, 0) is 25.7 Å². The third kappa shape index (κ3) is 4.24. The van der Waals surface area contributed by atoms with E-state index in [1.807, 2.05) is 0 Å². The molecule has 0 amide bonds. The van der Waals surface area contributed by atoms with E-state index in [2.05, 4.69) is 0 Å². The van der Waals surface area contributed by atoms with Crippen molar-refractivity contribution in [1.29, 1.82) is 0 Å². The van der Waals surface area contributed by atoms with E-state index in [1.54, 1.807) is 12.5 Å². The molecule has 0 spiro atoms. The number of carbonyl (C=O) groups excluding carboxylic acids is 2. The fourth-order valence-electron chi connectivity index (χ4n) is 3.01. The Labute approximate surface area is 137 Å². The highest BCUT2D eigenvalue weighted by atomic mass is 16.5. The van der Waals surface area contributed by atoms with E-state index in [1.165, 1.54) is 27.1 Å². The van der Waals surface area contributed by atoms with Gasteiger partial charge in [0.2, 0.25) is 0 Å². The minimum atomic E-state index is -0.523. The third-order valence-corrected chi connectivity index (χ3v) is 4.23. The summed E-state index contributed by atoms with van der Waals surface area (Å²) in [6, 6.07) is 0. The molecule has 2 aliphatic rings. The molecule has 0 radical (unpaired) electrons. The first-order valence-corrected chi connectivity index (χ1v) is 8.14. The summed E-state index contributed by atoms with van der Waals surface area (Å²) in [5.41, 5.74) is 1.96. The Morgan fingerprint density at radius 1 is 0.783 bits per heavy atom. The van der Waals surface area contributed by atoms with E-state index in [4.69, 9.17) is 14.2 Å². The normalized spacial score (nSPS) is 19.4. The number of rotatable bonds is 2. The summed E-state index contributed by atoms with van der Waals surface area (Å²) >= 11 is 0. The van der Waals surface area contributed by atoms with Gasteiger partial charge < -0.3 is 14.2 Å². The van der Waals surface area contributed by atoms with Crippen molar-refractivity contribution >= 4 is 11.9 Å². The molecule has 0 saturated heterocycles. The molecule has 0 N–H and O–H groups in total. The maximum atomic E-state index is 12.3. The average molecular weight is 320 g/mol. The average Bonchev–Trinajstić information content (AvgIpc) is 2.72. The largest absolute Gasteiger partial charge is 0.472 e. The zero-order chi connectivity index (χ0) is 16.7. The Kier molecular flexibility index (Phi) is 6.44. The smallest absolute Gasteiger partial charge is 0.339 e. The summed E-state index contributed by atoms with van der Waals surface area (Å²) in [5.74, 6) is -1.05. The van der Waals surface area contributed by atoms with Crippen LogP contribution < -0.4 is 0 Å². The van der Waals surface area contributed by atoms with Crippen molar-refractivity contribution in [3.05, 3.63) is 34.8 Å². The van der Waals surface area contributed by atoms with Crippen LogP contribution in [-0.2, 0) is 23.8 Å². The van der Waals surface area contributed by atoms with Crippen molar-refractivity contribution < 1.29 is 23.8 Å². The van der Waals surface area contributed by atoms with Crippen LogP contribution in [0.3, 0.4) is 0 Å². The Balaban J connectivity index is 2.54. The molecule has 1 aliphatic carbocycles. The molecule has 0 aromatic heterocycles. The summed E-state index contributed by atoms with van der Waals surface area (Å²) in [4.78, 5) is 24.7. The van der Waals surface area contributed by atoms with Crippen molar-refractivity contribution in [2.75, 3.05) is 14.2 Å². The van der Waals surface area contributed by atoms with E-state index in [-0.39, 0.29) is 11.1 Å². The molecular formula is C18H24O5. The Bertz CT molecular complexity index is 506. The quantitative estimate of drug-likeness (QED) is 0.728. The number of carbonyl (C=O) groups is 2. The van der Waals surface area contributed by atoms with Gasteiger partial charge in [-0.1, -0.05) is 25.7 Å². The maximum absolute atomic E-state index is 12.3. The highest BCUT2D eigenvalue weighted by molar-refractivity contribution is 6.06. The first-order valence-electron chi connectivity index (χ1n) is 8.14. The fourth-order valence-corrected chi connectivity index (χ4v) is 3.01. The van der Waals surface area contributed by atoms with Crippen LogP contribution in [0.2, 0.25) is 0 Å². The van der Waals surface area contributed by atoms with Gasteiger partial charge in [0, 0.05) is 11.1 Å². The Morgan fingerprint density at radius 3 is 1.57 bits per heavy atom. The standard InChI is InChI=1S/C18H24O5/c1-21-17(19)15-13-9-7-5-3-4-6-8-10-14(12-23-11-13)16(15)18(20)22-2/h11-12H,3-10H2,1-2H3. The summed E-state index contributed by atoms with van der Waals surface area (Å²) in [7, 11) is 2.64. The van der Waals surface area contributed by atoms with E-state index in [0.29, 0.717) is 24.0 Å². The van der Waals surface area contributed by atoms with Crippen LogP contribution in [0.1, 0.15) is 51.4 Å². The molecule has 0 atom stereocenters. The van der Waals surface area contributed by atoms with Gasteiger partial charge in [-0.3, -0.25) is 0 Å². The van der Waals surface area contributed by atoms with Crippen LogP contribution in [0.5, 0.6) is 0 Å². The number of esters is 2. The number of hydrogen-bond acceptors (Lipinski definition) is 5. The molecule has 0 aromatic rings. The van der Waals surface area contributed by atoms with E-state index >= 15 is 0 Å². The van der Waals surface area contributed by atoms with Crippen molar-refractivity contribution in [3.8, 4) is 0 Å². The van der Waals surface area contributed by atoms with Crippen LogP contribution in [0.25, 0.3) is 0 Å². The zero-order valence-electron chi connectivity index (χ0n) is 13.9. The Hall–Kier alpha value is -2.04. The van der Waals surface area contributed by atoms with Crippen LogP contribution in [-0.4, -0.2) is 26.2 Å². The minimum Gasteiger partial charge on any atom is -0.472 e. The maximum Gasteiger partial charge on any atom is 0.339 e. The number of ether oxygens (including phenoxy) is 3. The summed E-state index contributed by atoms with van der Waals surface area (Å²) in [5, 5.41) is 0. The van der Waals surface area contributed by atoms with E-state index in [0.717, 1.165) is 25.7 Å². The summed E-state index contributed by atoms with van der Waals surface area (Å²) in [6.45, 7) is 0. The highest BCUT2D eigenvalue weighted by Gasteiger charge is 2.30. The second kappa shape index (κ2) is 8.56. The Morgan fingerprint density at radius 2 is 1.17 bits per heavy atom. The van der Waals surface area contributed by atoms with Gasteiger partial charge in [-0.25, -0.2) is 9.59 Å².